The highest BCUT2D eigenvalue weighted by molar-refractivity contribution is 9.10. The van der Waals surface area contributed by atoms with Crippen molar-refractivity contribution in [2.75, 3.05) is 14.2 Å². The third-order valence-corrected chi connectivity index (χ3v) is 2.56. The van der Waals surface area contributed by atoms with Crippen molar-refractivity contribution in [2.24, 2.45) is 0 Å². The highest BCUT2D eigenvalue weighted by atomic mass is 79.9. The Balaban J connectivity index is 2.94. The number of nitrogens with zero attached hydrogens (tertiary/aromatic N) is 1. The van der Waals surface area contributed by atoms with Crippen LogP contribution in [0.25, 0.3) is 0 Å². The van der Waals surface area contributed by atoms with Gasteiger partial charge in [0.2, 0.25) is 0 Å². The molecule has 4 heteroatoms. The van der Waals surface area contributed by atoms with Gasteiger partial charge in [0.05, 0.1) is 11.6 Å². The van der Waals surface area contributed by atoms with Crippen LogP contribution >= 0.6 is 15.9 Å². The van der Waals surface area contributed by atoms with E-state index in [2.05, 4.69) is 15.9 Å². The molecule has 0 unspecified atom stereocenters. The topological polar surface area (TPSA) is 32.7 Å². The van der Waals surface area contributed by atoms with Gasteiger partial charge in [0, 0.05) is 13.6 Å². The molecule has 0 aliphatic carbocycles. The molecule has 1 rings (SSSR count). The van der Waals surface area contributed by atoms with E-state index in [0.717, 1.165) is 20.8 Å². The molecule has 0 aromatic heterocycles. The Hall–Kier alpha value is -0.580. The van der Waals surface area contributed by atoms with E-state index in [1.165, 1.54) is 0 Å². The third-order valence-electron chi connectivity index (χ3n) is 1.66. The van der Waals surface area contributed by atoms with Gasteiger partial charge in [0.15, 0.2) is 0 Å². The van der Waals surface area contributed by atoms with Crippen LogP contribution in [0.4, 0.5) is 0 Å². The molecule has 0 aliphatic heterocycles. The van der Waals surface area contributed by atoms with Crippen LogP contribution in [-0.2, 0) is 6.54 Å². The van der Waals surface area contributed by atoms with Crippen molar-refractivity contribution in [3.8, 4) is 5.75 Å². The van der Waals surface area contributed by atoms with Crippen LogP contribution in [0.3, 0.4) is 0 Å². The Labute approximate surface area is 86.0 Å². The number of halogens is 1. The van der Waals surface area contributed by atoms with E-state index in [9.17, 15) is 0 Å². The van der Waals surface area contributed by atoms with E-state index in [-0.39, 0.29) is 0 Å². The summed E-state index contributed by atoms with van der Waals surface area (Å²) in [4.78, 5) is 0. The van der Waals surface area contributed by atoms with E-state index >= 15 is 0 Å². The maximum absolute atomic E-state index is 9.07. The lowest BCUT2D eigenvalue weighted by molar-refractivity contribution is -0.0733. The number of methoxy groups -OCH3 is 1. The molecule has 0 bridgehead atoms. The summed E-state index contributed by atoms with van der Waals surface area (Å²) in [5.41, 5.74) is 0.990. The number of ether oxygens (including phenoxy) is 1. The Morgan fingerprint density at radius 3 is 2.77 bits per heavy atom. The molecule has 0 aliphatic rings. The van der Waals surface area contributed by atoms with Crippen molar-refractivity contribution in [3.05, 3.63) is 28.2 Å². The van der Waals surface area contributed by atoms with Crippen LogP contribution in [0.15, 0.2) is 22.7 Å². The summed E-state index contributed by atoms with van der Waals surface area (Å²) in [7, 11) is 3.22. The summed E-state index contributed by atoms with van der Waals surface area (Å²) in [6.07, 6.45) is 0. The minimum atomic E-state index is 0.470. The summed E-state index contributed by atoms with van der Waals surface area (Å²) in [6.45, 7) is 0.470. The molecule has 0 saturated heterocycles. The molecule has 0 atom stereocenters. The minimum absolute atomic E-state index is 0.470. The molecule has 1 aromatic rings. The number of hydrogen-bond acceptors (Lipinski definition) is 3. The quantitative estimate of drug-likeness (QED) is 0.830. The van der Waals surface area contributed by atoms with Gasteiger partial charge < -0.3 is 9.94 Å². The average Bonchev–Trinajstić information content (AvgIpc) is 2.08. The first kappa shape index (κ1) is 10.5. The van der Waals surface area contributed by atoms with Gasteiger partial charge in [0.1, 0.15) is 5.75 Å². The fourth-order valence-corrected chi connectivity index (χ4v) is 1.63. The second-order valence-electron chi connectivity index (χ2n) is 2.75. The lowest BCUT2D eigenvalue weighted by Crippen LogP contribution is -2.12. The molecule has 0 spiro atoms. The maximum atomic E-state index is 9.07. The first-order valence-corrected chi connectivity index (χ1v) is 4.66. The second-order valence-corrected chi connectivity index (χ2v) is 3.54. The van der Waals surface area contributed by atoms with Crippen LogP contribution in [0.2, 0.25) is 0 Å². The Morgan fingerprint density at radius 2 is 2.23 bits per heavy atom. The van der Waals surface area contributed by atoms with Crippen LogP contribution in [0.5, 0.6) is 5.75 Å². The number of hydroxylamine groups is 2. The van der Waals surface area contributed by atoms with Crippen molar-refractivity contribution < 1.29 is 9.94 Å². The summed E-state index contributed by atoms with van der Waals surface area (Å²) in [6, 6.07) is 5.69. The lowest BCUT2D eigenvalue weighted by atomic mass is 10.2. The molecular weight excluding hydrogens is 234 g/mol. The molecule has 0 fully saturated rings. The molecule has 13 heavy (non-hydrogen) atoms. The van der Waals surface area contributed by atoms with Crippen molar-refractivity contribution >= 4 is 15.9 Å². The monoisotopic (exact) mass is 245 g/mol. The van der Waals surface area contributed by atoms with Gasteiger partial charge in [-0.3, -0.25) is 0 Å². The third kappa shape index (κ3) is 2.69. The van der Waals surface area contributed by atoms with E-state index in [0.29, 0.717) is 6.54 Å². The predicted octanol–water partition coefficient (Wildman–Crippen LogP) is 2.28. The van der Waals surface area contributed by atoms with Crippen molar-refractivity contribution in [1.82, 2.24) is 5.06 Å². The summed E-state index contributed by atoms with van der Waals surface area (Å²) in [5.74, 6) is 0.777. The van der Waals surface area contributed by atoms with Gasteiger partial charge in [-0.2, -0.15) is 5.06 Å². The van der Waals surface area contributed by atoms with Crippen LogP contribution in [0, 0.1) is 0 Å². The summed E-state index contributed by atoms with van der Waals surface area (Å²) < 4.78 is 6.01. The first-order valence-electron chi connectivity index (χ1n) is 3.86. The molecule has 3 nitrogen and oxygen atoms in total. The Morgan fingerprint density at radius 1 is 1.54 bits per heavy atom. The van der Waals surface area contributed by atoms with Crippen LogP contribution < -0.4 is 4.74 Å². The second kappa shape index (κ2) is 4.60. The van der Waals surface area contributed by atoms with Gasteiger partial charge in [0.25, 0.3) is 0 Å². The SMILES string of the molecule is COc1cccc(CN(C)O)c1Br. The van der Waals surface area contributed by atoms with Crippen LogP contribution in [-0.4, -0.2) is 24.4 Å². The van der Waals surface area contributed by atoms with E-state index in [4.69, 9.17) is 9.94 Å². The number of hydrogen-bond donors (Lipinski definition) is 1. The highest BCUT2D eigenvalue weighted by Gasteiger charge is 2.06. The average molecular weight is 246 g/mol. The van der Waals surface area contributed by atoms with E-state index < -0.39 is 0 Å². The Bertz CT molecular complexity index is 289. The largest absolute Gasteiger partial charge is 0.496 e. The van der Waals surface area contributed by atoms with Gasteiger partial charge >= 0.3 is 0 Å². The predicted molar refractivity (Wildman–Crippen MR) is 53.9 cm³/mol. The number of benzene rings is 1. The molecule has 0 radical (unpaired) electrons. The molecule has 0 amide bonds. The summed E-state index contributed by atoms with van der Waals surface area (Å²) in [5, 5.41) is 10.2. The standard InChI is InChI=1S/C9H12BrNO2/c1-11(12)6-7-4-3-5-8(13-2)9(7)10/h3-5,12H,6H2,1-2H3. The van der Waals surface area contributed by atoms with Crippen molar-refractivity contribution in [3.63, 3.8) is 0 Å². The zero-order valence-corrected chi connectivity index (χ0v) is 9.21. The maximum Gasteiger partial charge on any atom is 0.133 e. The Kier molecular flexibility index (Phi) is 3.71. The molecular formula is C9H12BrNO2. The summed E-state index contributed by atoms with van der Waals surface area (Å²) >= 11 is 3.41. The van der Waals surface area contributed by atoms with Crippen molar-refractivity contribution in [2.45, 2.75) is 6.54 Å². The smallest absolute Gasteiger partial charge is 0.133 e. The van der Waals surface area contributed by atoms with E-state index in [1.54, 1.807) is 14.2 Å². The number of rotatable bonds is 3. The molecule has 1 aromatic carbocycles. The fraction of sp³-hybridized carbons (Fsp3) is 0.333. The lowest BCUT2D eigenvalue weighted by Gasteiger charge is -2.11. The van der Waals surface area contributed by atoms with Gasteiger partial charge in [-0.05, 0) is 27.6 Å². The molecule has 0 saturated carbocycles. The van der Waals surface area contributed by atoms with Gasteiger partial charge in [-0.1, -0.05) is 12.1 Å². The first-order chi connectivity index (χ1) is 6.15. The van der Waals surface area contributed by atoms with Crippen LogP contribution in [0.1, 0.15) is 5.56 Å². The molecule has 1 N–H and O–H groups in total. The zero-order valence-electron chi connectivity index (χ0n) is 7.62. The normalized spacial score (nSPS) is 10.5. The molecule has 72 valence electrons. The van der Waals surface area contributed by atoms with Crippen molar-refractivity contribution in [1.29, 1.82) is 0 Å². The minimum Gasteiger partial charge on any atom is -0.496 e. The highest BCUT2D eigenvalue weighted by Crippen LogP contribution is 2.28. The van der Waals surface area contributed by atoms with Gasteiger partial charge in [-0.25, -0.2) is 0 Å². The van der Waals surface area contributed by atoms with Gasteiger partial charge in [-0.15, -0.1) is 0 Å². The van der Waals surface area contributed by atoms with E-state index in [1.807, 2.05) is 18.2 Å². The molecule has 0 heterocycles. The fourth-order valence-electron chi connectivity index (χ4n) is 1.08. The zero-order chi connectivity index (χ0) is 9.84.